The number of nitriles is 1. The lowest BCUT2D eigenvalue weighted by molar-refractivity contribution is -0.148. The van der Waals surface area contributed by atoms with Gasteiger partial charge in [-0.2, -0.15) is 5.26 Å². The van der Waals surface area contributed by atoms with E-state index in [4.69, 9.17) is 15.7 Å². The van der Waals surface area contributed by atoms with Crippen molar-refractivity contribution in [3.63, 3.8) is 0 Å². The minimum Gasteiger partial charge on any atom is -0.493 e. The number of ether oxygens (including phenoxy) is 1. The van der Waals surface area contributed by atoms with Crippen LogP contribution >= 0.6 is 0 Å². The van der Waals surface area contributed by atoms with E-state index >= 15 is 0 Å². The number of rotatable bonds is 7. The summed E-state index contributed by atoms with van der Waals surface area (Å²) in [5, 5.41) is 18.3. The summed E-state index contributed by atoms with van der Waals surface area (Å²) in [6.07, 6.45) is 0.145. The molecule has 0 unspecified atom stereocenters. The minimum atomic E-state index is -1.16. The molecular weight excluding hydrogens is 284 g/mol. The first kappa shape index (κ1) is 17.5. The number of nitrogen functional groups attached to an aromatic ring is 1. The molecule has 0 heterocycles. The standard InChI is InChI=1S/C16H20N2O4/c1-4-16(3,15(20)21)8-13(19)11-6-10(9-17)12(18)7-14(11)22-5-2/h6-7H,4-5,8,18H2,1-3H3,(H,20,21)/t16-/m0/s1. The Balaban J connectivity index is 3.27. The number of anilines is 1. The number of Topliss-reactive ketones (excluding diaryl/α,β-unsaturated/α-hetero) is 1. The van der Waals surface area contributed by atoms with Crippen molar-refractivity contribution in [2.45, 2.75) is 33.6 Å². The zero-order chi connectivity index (χ0) is 16.9. The van der Waals surface area contributed by atoms with Crippen molar-refractivity contribution >= 4 is 17.4 Å². The first-order valence-corrected chi connectivity index (χ1v) is 7.02. The van der Waals surface area contributed by atoms with E-state index in [0.717, 1.165) is 0 Å². The molecule has 6 heteroatoms. The van der Waals surface area contributed by atoms with Crippen LogP contribution in [0.4, 0.5) is 5.69 Å². The van der Waals surface area contributed by atoms with Gasteiger partial charge in [-0.25, -0.2) is 0 Å². The Morgan fingerprint density at radius 1 is 1.41 bits per heavy atom. The number of carbonyl (C=O) groups is 2. The Morgan fingerprint density at radius 2 is 2.05 bits per heavy atom. The number of nitrogens with two attached hydrogens (primary N) is 1. The molecule has 0 aliphatic heterocycles. The Bertz CT molecular complexity index is 634. The molecule has 0 saturated heterocycles. The molecule has 118 valence electrons. The van der Waals surface area contributed by atoms with Gasteiger partial charge >= 0.3 is 5.97 Å². The van der Waals surface area contributed by atoms with Gasteiger partial charge in [0.2, 0.25) is 0 Å². The van der Waals surface area contributed by atoms with Crippen LogP contribution in [0.3, 0.4) is 0 Å². The van der Waals surface area contributed by atoms with Crippen LogP contribution in [0.5, 0.6) is 5.75 Å². The third-order valence-electron chi connectivity index (χ3n) is 3.72. The highest BCUT2D eigenvalue weighted by atomic mass is 16.5. The van der Waals surface area contributed by atoms with Crippen molar-refractivity contribution in [3.8, 4) is 11.8 Å². The van der Waals surface area contributed by atoms with Crippen molar-refractivity contribution in [1.29, 1.82) is 5.26 Å². The Morgan fingerprint density at radius 3 is 2.50 bits per heavy atom. The molecule has 0 aliphatic rings. The summed E-state index contributed by atoms with van der Waals surface area (Å²) < 4.78 is 5.39. The van der Waals surface area contributed by atoms with Gasteiger partial charge < -0.3 is 15.6 Å². The molecule has 6 nitrogen and oxygen atoms in total. The monoisotopic (exact) mass is 304 g/mol. The van der Waals surface area contributed by atoms with Crippen LogP contribution in [0.2, 0.25) is 0 Å². The molecule has 0 saturated carbocycles. The van der Waals surface area contributed by atoms with Crippen LogP contribution in [0.1, 0.15) is 49.5 Å². The molecule has 0 aromatic heterocycles. The first-order chi connectivity index (χ1) is 10.3. The summed E-state index contributed by atoms with van der Waals surface area (Å²) in [7, 11) is 0. The van der Waals surface area contributed by atoms with Crippen LogP contribution in [0, 0.1) is 16.7 Å². The second-order valence-corrected chi connectivity index (χ2v) is 5.30. The van der Waals surface area contributed by atoms with Gasteiger partial charge in [0.1, 0.15) is 11.8 Å². The number of carboxylic acid groups (broad SMARTS) is 1. The predicted octanol–water partition coefficient (Wildman–Crippen LogP) is 2.61. The van der Waals surface area contributed by atoms with E-state index in [1.807, 2.05) is 6.07 Å². The minimum absolute atomic E-state index is 0.167. The topological polar surface area (TPSA) is 113 Å². The van der Waals surface area contributed by atoms with Crippen molar-refractivity contribution in [2.75, 3.05) is 12.3 Å². The Labute approximate surface area is 129 Å². The SMILES string of the molecule is CCOc1cc(N)c(C#N)cc1C(=O)C[C@](C)(CC)C(=O)O. The van der Waals surface area contributed by atoms with Crippen LogP contribution in [0.15, 0.2) is 12.1 Å². The average Bonchev–Trinajstić information content (AvgIpc) is 2.47. The number of hydrogen-bond acceptors (Lipinski definition) is 5. The summed E-state index contributed by atoms with van der Waals surface area (Å²) >= 11 is 0. The summed E-state index contributed by atoms with van der Waals surface area (Å²) in [6.45, 7) is 5.33. The molecule has 0 spiro atoms. The molecule has 3 N–H and O–H groups in total. The number of nitrogens with zero attached hydrogens (tertiary/aromatic N) is 1. The maximum absolute atomic E-state index is 12.5. The van der Waals surface area contributed by atoms with Gasteiger partial charge in [0.25, 0.3) is 0 Å². The van der Waals surface area contributed by atoms with E-state index < -0.39 is 11.4 Å². The van der Waals surface area contributed by atoms with E-state index in [1.54, 1.807) is 13.8 Å². The second-order valence-electron chi connectivity index (χ2n) is 5.30. The molecule has 1 aromatic carbocycles. The first-order valence-electron chi connectivity index (χ1n) is 7.02. The van der Waals surface area contributed by atoms with Crippen molar-refractivity contribution in [2.24, 2.45) is 5.41 Å². The van der Waals surface area contributed by atoms with E-state index in [2.05, 4.69) is 0 Å². The van der Waals surface area contributed by atoms with Gasteiger partial charge in [-0.15, -0.1) is 0 Å². The maximum Gasteiger partial charge on any atom is 0.309 e. The Hall–Kier alpha value is -2.55. The Kier molecular flexibility index (Phi) is 5.52. The highest BCUT2D eigenvalue weighted by molar-refractivity contribution is 6.01. The lowest BCUT2D eigenvalue weighted by Gasteiger charge is -2.22. The third kappa shape index (κ3) is 3.55. The zero-order valence-electron chi connectivity index (χ0n) is 13.0. The quantitative estimate of drug-likeness (QED) is 0.591. The van der Waals surface area contributed by atoms with Crippen molar-refractivity contribution < 1.29 is 19.4 Å². The van der Waals surface area contributed by atoms with Gasteiger partial charge in [-0.05, 0) is 26.3 Å². The second kappa shape index (κ2) is 6.94. The van der Waals surface area contributed by atoms with Gasteiger partial charge in [-0.1, -0.05) is 6.92 Å². The molecule has 0 aliphatic carbocycles. The average molecular weight is 304 g/mol. The van der Waals surface area contributed by atoms with Crippen molar-refractivity contribution in [1.82, 2.24) is 0 Å². The number of hydrogen-bond donors (Lipinski definition) is 2. The highest BCUT2D eigenvalue weighted by Crippen LogP contribution is 2.32. The van der Waals surface area contributed by atoms with Crippen LogP contribution in [-0.2, 0) is 4.79 Å². The predicted molar refractivity (Wildman–Crippen MR) is 81.7 cm³/mol. The van der Waals surface area contributed by atoms with Gasteiger partial charge in [0, 0.05) is 12.5 Å². The molecule has 22 heavy (non-hydrogen) atoms. The van der Waals surface area contributed by atoms with Crippen molar-refractivity contribution in [3.05, 3.63) is 23.3 Å². The van der Waals surface area contributed by atoms with E-state index in [-0.39, 0.29) is 34.8 Å². The van der Waals surface area contributed by atoms with Crippen LogP contribution in [0.25, 0.3) is 0 Å². The van der Waals surface area contributed by atoms with Gasteiger partial charge in [0.05, 0.1) is 28.8 Å². The lowest BCUT2D eigenvalue weighted by Crippen LogP contribution is -2.30. The number of carboxylic acids is 1. The molecular formula is C16H20N2O4. The number of aliphatic carboxylic acids is 1. The maximum atomic E-state index is 12.5. The molecule has 0 bridgehead atoms. The zero-order valence-corrected chi connectivity index (χ0v) is 13.0. The summed E-state index contributed by atoms with van der Waals surface area (Å²) in [5.74, 6) is -1.14. The molecule has 1 atom stereocenters. The van der Waals surface area contributed by atoms with Crippen LogP contribution in [-0.4, -0.2) is 23.5 Å². The van der Waals surface area contributed by atoms with E-state index in [9.17, 15) is 14.7 Å². The summed E-state index contributed by atoms with van der Waals surface area (Å²) in [6, 6.07) is 4.70. The fraction of sp³-hybridized carbons (Fsp3) is 0.438. The van der Waals surface area contributed by atoms with E-state index in [0.29, 0.717) is 13.0 Å². The fourth-order valence-electron chi connectivity index (χ4n) is 1.99. The number of benzene rings is 1. The number of ketones is 1. The molecule has 0 amide bonds. The molecule has 1 aromatic rings. The highest BCUT2D eigenvalue weighted by Gasteiger charge is 2.34. The van der Waals surface area contributed by atoms with Crippen LogP contribution < -0.4 is 10.5 Å². The normalized spacial score (nSPS) is 13.0. The number of carbonyl (C=O) groups excluding carboxylic acids is 1. The molecule has 0 radical (unpaired) electrons. The summed E-state index contributed by atoms with van der Waals surface area (Å²) in [4.78, 5) is 23.9. The molecule has 1 rings (SSSR count). The lowest BCUT2D eigenvalue weighted by atomic mass is 9.81. The van der Waals surface area contributed by atoms with Gasteiger partial charge in [-0.3, -0.25) is 9.59 Å². The smallest absolute Gasteiger partial charge is 0.309 e. The van der Waals surface area contributed by atoms with E-state index in [1.165, 1.54) is 19.1 Å². The summed E-state index contributed by atoms with van der Waals surface area (Å²) in [5.41, 5.74) is 5.14. The fourth-order valence-corrected chi connectivity index (χ4v) is 1.99. The third-order valence-corrected chi connectivity index (χ3v) is 3.72. The largest absolute Gasteiger partial charge is 0.493 e. The molecule has 0 fully saturated rings. The van der Waals surface area contributed by atoms with Gasteiger partial charge in [0.15, 0.2) is 5.78 Å².